The lowest BCUT2D eigenvalue weighted by Gasteiger charge is -2.15. The van der Waals surface area contributed by atoms with Gasteiger partial charge in [0.25, 0.3) is 0 Å². The fourth-order valence-electron chi connectivity index (χ4n) is 1.71. The predicted octanol–water partition coefficient (Wildman–Crippen LogP) is 2.76. The second kappa shape index (κ2) is 7.41. The highest BCUT2D eigenvalue weighted by Gasteiger charge is 2.18. The summed E-state index contributed by atoms with van der Waals surface area (Å²) in [5, 5.41) is 14.1. The SMILES string of the molecule is CCCC[C@@H](NC(=O)Nc1cccc(C)c1)C(=O)O. The minimum atomic E-state index is -1.01. The molecule has 0 bridgehead atoms. The minimum absolute atomic E-state index is 0.438. The number of anilines is 1. The van der Waals surface area contributed by atoms with Gasteiger partial charge in [-0.25, -0.2) is 9.59 Å². The van der Waals surface area contributed by atoms with Crippen molar-refractivity contribution in [1.29, 1.82) is 0 Å². The summed E-state index contributed by atoms with van der Waals surface area (Å²) in [5.74, 6) is -1.01. The van der Waals surface area contributed by atoms with Gasteiger partial charge in [0.1, 0.15) is 6.04 Å². The Morgan fingerprint density at radius 1 is 1.37 bits per heavy atom. The summed E-state index contributed by atoms with van der Waals surface area (Å²) in [6.07, 6.45) is 2.10. The topological polar surface area (TPSA) is 78.4 Å². The summed E-state index contributed by atoms with van der Waals surface area (Å²) >= 11 is 0. The van der Waals surface area contributed by atoms with E-state index in [9.17, 15) is 9.59 Å². The molecule has 1 aromatic rings. The number of hydrogen-bond acceptors (Lipinski definition) is 2. The van der Waals surface area contributed by atoms with Gasteiger partial charge in [-0.15, -0.1) is 0 Å². The molecule has 0 fully saturated rings. The Morgan fingerprint density at radius 3 is 2.68 bits per heavy atom. The third-order valence-corrected chi connectivity index (χ3v) is 2.73. The Hall–Kier alpha value is -2.04. The van der Waals surface area contributed by atoms with E-state index in [1.54, 1.807) is 6.07 Å². The Balaban J connectivity index is 2.55. The van der Waals surface area contributed by atoms with Crippen LogP contribution in [0.15, 0.2) is 24.3 Å². The number of benzene rings is 1. The van der Waals surface area contributed by atoms with Crippen LogP contribution in [-0.2, 0) is 4.79 Å². The first-order valence-electron chi connectivity index (χ1n) is 6.40. The molecule has 0 saturated carbocycles. The molecule has 104 valence electrons. The summed E-state index contributed by atoms with van der Waals surface area (Å²) in [4.78, 5) is 22.7. The van der Waals surface area contributed by atoms with Gasteiger partial charge >= 0.3 is 12.0 Å². The van der Waals surface area contributed by atoms with E-state index in [1.807, 2.05) is 32.0 Å². The smallest absolute Gasteiger partial charge is 0.326 e. The third kappa shape index (κ3) is 5.42. The molecule has 2 amide bonds. The van der Waals surface area contributed by atoms with Crippen LogP contribution >= 0.6 is 0 Å². The van der Waals surface area contributed by atoms with E-state index >= 15 is 0 Å². The molecule has 0 aliphatic carbocycles. The standard InChI is InChI=1S/C14H20N2O3/c1-3-4-8-12(13(17)18)16-14(19)15-11-7-5-6-10(2)9-11/h5-7,9,12H,3-4,8H2,1-2H3,(H,17,18)(H2,15,16,19)/t12-/m1/s1. The molecule has 19 heavy (non-hydrogen) atoms. The number of carbonyl (C=O) groups excluding carboxylic acids is 1. The normalized spacial score (nSPS) is 11.7. The van der Waals surface area contributed by atoms with Crippen molar-refractivity contribution in [3.8, 4) is 0 Å². The number of rotatable bonds is 6. The van der Waals surface area contributed by atoms with Crippen LogP contribution in [0.3, 0.4) is 0 Å². The lowest BCUT2D eigenvalue weighted by Crippen LogP contribution is -2.42. The molecule has 1 rings (SSSR count). The number of carbonyl (C=O) groups is 2. The van der Waals surface area contributed by atoms with E-state index < -0.39 is 18.0 Å². The lowest BCUT2D eigenvalue weighted by atomic mass is 10.1. The lowest BCUT2D eigenvalue weighted by molar-refractivity contribution is -0.139. The summed E-state index contributed by atoms with van der Waals surface area (Å²) in [6.45, 7) is 3.90. The number of urea groups is 1. The number of aryl methyl sites for hydroxylation is 1. The van der Waals surface area contributed by atoms with Gasteiger partial charge in [-0.3, -0.25) is 0 Å². The fourth-order valence-corrected chi connectivity index (χ4v) is 1.71. The molecule has 5 heteroatoms. The molecule has 0 heterocycles. The second-order valence-corrected chi connectivity index (χ2v) is 4.50. The van der Waals surface area contributed by atoms with Gasteiger partial charge in [0.15, 0.2) is 0 Å². The number of carboxylic acid groups (broad SMARTS) is 1. The molecule has 0 saturated heterocycles. The van der Waals surface area contributed by atoms with Crippen molar-refractivity contribution in [2.45, 2.75) is 39.2 Å². The van der Waals surface area contributed by atoms with Crippen LogP contribution in [0.2, 0.25) is 0 Å². The average Bonchev–Trinajstić information content (AvgIpc) is 2.34. The molecular formula is C14H20N2O3. The van der Waals surface area contributed by atoms with Crippen LogP contribution in [-0.4, -0.2) is 23.1 Å². The first-order valence-corrected chi connectivity index (χ1v) is 6.40. The van der Waals surface area contributed by atoms with Gasteiger partial charge in [0.05, 0.1) is 0 Å². The van der Waals surface area contributed by atoms with Gasteiger partial charge < -0.3 is 15.7 Å². The molecule has 0 aliphatic rings. The molecule has 0 aliphatic heterocycles. The summed E-state index contributed by atoms with van der Waals surface area (Å²) in [7, 11) is 0. The minimum Gasteiger partial charge on any atom is -0.480 e. The Morgan fingerprint density at radius 2 is 2.11 bits per heavy atom. The Kier molecular flexibility index (Phi) is 5.85. The zero-order valence-electron chi connectivity index (χ0n) is 11.3. The van der Waals surface area contributed by atoms with Crippen molar-refractivity contribution < 1.29 is 14.7 Å². The van der Waals surface area contributed by atoms with Crippen molar-refractivity contribution in [3.05, 3.63) is 29.8 Å². The van der Waals surface area contributed by atoms with E-state index in [0.717, 1.165) is 18.4 Å². The Bertz CT molecular complexity index is 446. The molecule has 0 aromatic heterocycles. The van der Waals surface area contributed by atoms with Crippen LogP contribution in [0.1, 0.15) is 31.7 Å². The first-order chi connectivity index (χ1) is 9.02. The van der Waals surface area contributed by atoms with Crippen LogP contribution < -0.4 is 10.6 Å². The average molecular weight is 264 g/mol. The maximum atomic E-state index is 11.7. The third-order valence-electron chi connectivity index (χ3n) is 2.73. The highest BCUT2D eigenvalue weighted by Crippen LogP contribution is 2.09. The van der Waals surface area contributed by atoms with Gasteiger partial charge in [-0.1, -0.05) is 31.9 Å². The number of unbranched alkanes of at least 4 members (excludes halogenated alkanes) is 1. The quantitative estimate of drug-likeness (QED) is 0.739. The van der Waals surface area contributed by atoms with Crippen molar-refractivity contribution in [2.75, 3.05) is 5.32 Å². The highest BCUT2D eigenvalue weighted by atomic mass is 16.4. The molecule has 5 nitrogen and oxygen atoms in total. The van der Waals surface area contributed by atoms with Gasteiger partial charge in [0.2, 0.25) is 0 Å². The van der Waals surface area contributed by atoms with Crippen molar-refractivity contribution in [2.24, 2.45) is 0 Å². The number of nitrogens with one attached hydrogen (secondary N) is 2. The molecule has 1 aromatic carbocycles. The number of hydrogen-bond donors (Lipinski definition) is 3. The van der Waals surface area contributed by atoms with Gasteiger partial charge in [-0.2, -0.15) is 0 Å². The number of carboxylic acids is 1. The van der Waals surface area contributed by atoms with Crippen LogP contribution in [0.4, 0.5) is 10.5 Å². The monoisotopic (exact) mass is 264 g/mol. The maximum absolute atomic E-state index is 11.7. The zero-order chi connectivity index (χ0) is 14.3. The number of aliphatic carboxylic acids is 1. The van der Waals surface area contributed by atoms with Crippen molar-refractivity contribution >= 4 is 17.7 Å². The van der Waals surface area contributed by atoms with Gasteiger partial charge in [0, 0.05) is 5.69 Å². The summed E-state index contributed by atoms with van der Waals surface area (Å²) in [6, 6.07) is 6.00. The first kappa shape index (κ1) is 15.0. The molecule has 0 spiro atoms. The zero-order valence-corrected chi connectivity index (χ0v) is 11.3. The largest absolute Gasteiger partial charge is 0.480 e. The van der Waals surface area contributed by atoms with E-state index in [4.69, 9.17) is 5.11 Å². The predicted molar refractivity (Wildman–Crippen MR) is 74.3 cm³/mol. The van der Waals surface area contributed by atoms with E-state index in [0.29, 0.717) is 12.1 Å². The Labute approximate surface area is 113 Å². The van der Waals surface area contributed by atoms with Crippen LogP contribution in [0.5, 0.6) is 0 Å². The van der Waals surface area contributed by atoms with E-state index in [1.165, 1.54) is 0 Å². The van der Waals surface area contributed by atoms with Gasteiger partial charge in [-0.05, 0) is 31.0 Å². The summed E-state index contributed by atoms with van der Waals surface area (Å²) < 4.78 is 0. The van der Waals surface area contributed by atoms with E-state index in [-0.39, 0.29) is 0 Å². The van der Waals surface area contributed by atoms with Crippen LogP contribution in [0.25, 0.3) is 0 Å². The molecule has 3 N–H and O–H groups in total. The molecule has 0 unspecified atom stereocenters. The molecular weight excluding hydrogens is 244 g/mol. The van der Waals surface area contributed by atoms with Crippen molar-refractivity contribution in [3.63, 3.8) is 0 Å². The fraction of sp³-hybridized carbons (Fsp3) is 0.429. The summed E-state index contributed by atoms with van der Waals surface area (Å²) in [5.41, 5.74) is 1.68. The van der Waals surface area contributed by atoms with E-state index in [2.05, 4.69) is 10.6 Å². The number of amides is 2. The highest BCUT2D eigenvalue weighted by molar-refractivity contribution is 5.92. The molecule has 1 atom stereocenters. The maximum Gasteiger partial charge on any atom is 0.326 e. The van der Waals surface area contributed by atoms with Crippen molar-refractivity contribution in [1.82, 2.24) is 5.32 Å². The second-order valence-electron chi connectivity index (χ2n) is 4.50. The van der Waals surface area contributed by atoms with Crippen LogP contribution in [0, 0.1) is 6.92 Å². The molecule has 0 radical (unpaired) electrons.